The number of ether oxygens (including phenoxy) is 2. The van der Waals surface area contributed by atoms with Crippen molar-refractivity contribution >= 4 is 33.6 Å². The molecular weight excluding hydrogens is 404 g/mol. The zero-order valence-corrected chi connectivity index (χ0v) is 17.5. The lowest BCUT2D eigenvalue weighted by atomic mass is 9.99. The van der Waals surface area contributed by atoms with Gasteiger partial charge in [-0.05, 0) is 22.9 Å². The van der Waals surface area contributed by atoms with E-state index in [0.29, 0.717) is 48.5 Å². The number of pyridine rings is 1. The fourth-order valence-corrected chi connectivity index (χ4v) is 4.04. The van der Waals surface area contributed by atoms with Crippen molar-refractivity contribution in [2.24, 2.45) is 0 Å². The minimum atomic E-state index is -0.535. The Labute approximate surface area is 185 Å². The third-order valence-electron chi connectivity index (χ3n) is 5.69. The van der Waals surface area contributed by atoms with Crippen LogP contribution in [0.15, 0.2) is 72.8 Å². The van der Waals surface area contributed by atoms with Crippen LogP contribution in [0.25, 0.3) is 32.9 Å². The Hall–Kier alpha value is -3.77. The SMILES string of the molecule is O=C(OCC(=O)N1CCOCC1)c1cc(-c2cccc3ccccc23)nc2ccccc12. The largest absolute Gasteiger partial charge is 0.452 e. The number of para-hydroxylation sites is 1. The minimum Gasteiger partial charge on any atom is -0.452 e. The average molecular weight is 426 g/mol. The highest BCUT2D eigenvalue weighted by Crippen LogP contribution is 2.30. The molecule has 0 spiro atoms. The van der Waals surface area contributed by atoms with Crippen molar-refractivity contribution in [1.82, 2.24) is 9.88 Å². The molecule has 6 heteroatoms. The summed E-state index contributed by atoms with van der Waals surface area (Å²) in [6, 6.07) is 23.3. The number of morpholine rings is 1. The Morgan fingerprint density at radius 3 is 2.47 bits per heavy atom. The summed E-state index contributed by atoms with van der Waals surface area (Å²) >= 11 is 0. The van der Waals surface area contributed by atoms with Gasteiger partial charge < -0.3 is 14.4 Å². The summed E-state index contributed by atoms with van der Waals surface area (Å²) in [6.45, 7) is 1.74. The number of benzene rings is 3. The van der Waals surface area contributed by atoms with Crippen molar-refractivity contribution in [3.8, 4) is 11.3 Å². The summed E-state index contributed by atoms with van der Waals surface area (Å²) in [4.78, 5) is 31.9. The van der Waals surface area contributed by atoms with Crippen LogP contribution in [0.4, 0.5) is 0 Å². The molecule has 0 bridgehead atoms. The maximum atomic E-state index is 13.0. The van der Waals surface area contributed by atoms with E-state index in [4.69, 9.17) is 14.5 Å². The Kier molecular flexibility index (Phi) is 5.52. The van der Waals surface area contributed by atoms with Crippen molar-refractivity contribution in [3.05, 3.63) is 78.4 Å². The Morgan fingerprint density at radius 2 is 1.62 bits per heavy atom. The van der Waals surface area contributed by atoms with Crippen LogP contribution < -0.4 is 0 Å². The second kappa shape index (κ2) is 8.77. The lowest BCUT2D eigenvalue weighted by Crippen LogP contribution is -2.42. The number of amides is 1. The molecule has 1 saturated heterocycles. The van der Waals surface area contributed by atoms with Gasteiger partial charge in [-0.25, -0.2) is 9.78 Å². The monoisotopic (exact) mass is 426 g/mol. The molecule has 32 heavy (non-hydrogen) atoms. The van der Waals surface area contributed by atoms with Crippen molar-refractivity contribution in [2.75, 3.05) is 32.9 Å². The highest BCUT2D eigenvalue weighted by Gasteiger charge is 2.21. The van der Waals surface area contributed by atoms with Gasteiger partial charge in [0.25, 0.3) is 5.91 Å². The predicted molar refractivity (Wildman–Crippen MR) is 122 cm³/mol. The third kappa shape index (κ3) is 3.92. The second-order valence-corrected chi connectivity index (χ2v) is 7.67. The molecule has 2 heterocycles. The van der Waals surface area contributed by atoms with Crippen LogP contribution in [0, 0.1) is 0 Å². The lowest BCUT2D eigenvalue weighted by Gasteiger charge is -2.26. The molecule has 0 unspecified atom stereocenters. The maximum absolute atomic E-state index is 13.0. The zero-order chi connectivity index (χ0) is 21.9. The fraction of sp³-hybridized carbons (Fsp3) is 0.192. The summed E-state index contributed by atoms with van der Waals surface area (Å²) in [5.74, 6) is -0.749. The van der Waals surface area contributed by atoms with Gasteiger partial charge in [0.05, 0.1) is 30.0 Å². The number of hydrogen-bond donors (Lipinski definition) is 0. The van der Waals surface area contributed by atoms with Crippen molar-refractivity contribution in [1.29, 1.82) is 0 Å². The molecule has 4 aromatic rings. The topological polar surface area (TPSA) is 68.7 Å². The summed E-state index contributed by atoms with van der Waals surface area (Å²) < 4.78 is 10.7. The number of aromatic nitrogens is 1. The van der Waals surface area contributed by atoms with Gasteiger partial charge in [0.1, 0.15) is 0 Å². The van der Waals surface area contributed by atoms with Gasteiger partial charge >= 0.3 is 5.97 Å². The number of fused-ring (bicyclic) bond motifs is 2. The molecule has 0 radical (unpaired) electrons. The summed E-state index contributed by atoms with van der Waals surface area (Å²) in [5.41, 5.74) is 2.72. The Morgan fingerprint density at radius 1 is 0.906 bits per heavy atom. The van der Waals surface area contributed by atoms with E-state index in [1.807, 2.05) is 66.7 Å². The first-order valence-corrected chi connectivity index (χ1v) is 10.6. The number of carbonyl (C=O) groups excluding carboxylic acids is 2. The van der Waals surface area contributed by atoms with Gasteiger partial charge in [-0.3, -0.25) is 4.79 Å². The molecule has 0 atom stereocenters. The first-order chi connectivity index (χ1) is 15.7. The number of hydrogen-bond acceptors (Lipinski definition) is 5. The average Bonchev–Trinajstić information content (AvgIpc) is 2.86. The van der Waals surface area contributed by atoms with Crippen molar-refractivity contribution in [3.63, 3.8) is 0 Å². The van der Waals surface area contributed by atoms with E-state index < -0.39 is 5.97 Å². The molecule has 1 fully saturated rings. The van der Waals surface area contributed by atoms with E-state index in [0.717, 1.165) is 16.3 Å². The van der Waals surface area contributed by atoms with Crippen molar-refractivity contribution < 1.29 is 19.1 Å². The zero-order valence-electron chi connectivity index (χ0n) is 17.5. The minimum absolute atomic E-state index is 0.214. The normalized spacial score (nSPS) is 13.9. The number of esters is 1. The molecule has 160 valence electrons. The molecule has 1 amide bonds. The quantitative estimate of drug-likeness (QED) is 0.460. The Bertz CT molecular complexity index is 1310. The number of rotatable bonds is 4. The summed E-state index contributed by atoms with van der Waals surface area (Å²) in [5, 5.41) is 2.85. The van der Waals surface area contributed by atoms with Gasteiger partial charge in [0, 0.05) is 24.0 Å². The van der Waals surface area contributed by atoms with Crippen LogP contribution in [0.1, 0.15) is 10.4 Å². The molecule has 6 nitrogen and oxygen atoms in total. The fourth-order valence-electron chi connectivity index (χ4n) is 4.04. The van der Waals surface area contributed by atoms with Gasteiger partial charge in [0.15, 0.2) is 6.61 Å². The molecule has 0 N–H and O–H groups in total. The van der Waals surface area contributed by atoms with E-state index in [2.05, 4.69) is 0 Å². The molecule has 3 aromatic carbocycles. The van der Waals surface area contributed by atoms with Crippen LogP contribution in [0.2, 0.25) is 0 Å². The van der Waals surface area contributed by atoms with Crippen LogP contribution >= 0.6 is 0 Å². The van der Waals surface area contributed by atoms with Crippen LogP contribution in [0.3, 0.4) is 0 Å². The number of carbonyl (C=O) groups is 2. The second-order valence-electron chi connectivity index (χ2n) is 7.67. The molecule has 1 aliphatic heterocycles. The first-order valence-electron chi connectivity index (χ1n) is 10.6. The predicted octanol–water partition coefficient (Wildman–Crippen LogP) is 4.07. The summed E-state index contributed by atoms with van der Waals surface area (Å²) in [7, 11) is 0. The Balaban J connectivity index is 1.50. The molecular formula is C26H22N2O4. The number of nitrogens with zero attached hydrogens (tertiary/aromatic N) is 2. The van der Waals surface area contributed by atoms with E-state index in [-0.39, 0.29) is 12.5 Å². The van der Waals surface area contributed by atoms with E-state index in [1.54, 1.807) is 11.0 Å². The van der Waals surface area contributed by atoms with Crippen LogP contribution in [0.5, 0.6) is 0 Å². The molecule has 5 rings (SSSR count). The lowest BCUT2D eigenvalue weighted by molar-refractivity contribution is -0.138. The van der Waals surface area contributed by atoms with Gasteiger partial charge in [-0.2, -0.15) is 0 Å². The first kappa shape index (κ1) is 20.2. The highest BCUT2D eigenvalue weighted by molar-refractivity contribution is 6.06. The molecule has 1 aromatic heterocycles. The van der Waals surface area contributed by atoms with Crippen LogP contribution in [-0.2, 0) is 14.3 Å². The molecule has 0 saturated carbocycles. The summed E-state index contributed by atoms with van der Waals surface area (Å²) in [6.07, 6.45) is 0. The van der Waals surface area contributed by atoms with Crippen molar-refractivity contribution in [2.45, 2.75) is 0 Å². The van der Waals surface area contributed by atoms with Crippen LogP contribution in [-0.4, -0.2) is 54.7 Å². The van der Waals surface area contributed by atoms with E-state index in [9.17, 15) is 9.59 Å². The third-order valence-corrected chi connectivity index (χ3v) is 5.69. The van der Waals surface area contributed by atoms with Gasteiger partial charge in [0.2, 0.25) is 0 Å². The van der Waals surface area contributed by atoms with Gasteiger partial charge in [-0.15, -0.1) is 0 Å². The maximum Gasteiger partial charge on any atom is 0.339 e. The van der Waals surface area contributed by atoms with E-state index in [1.165, 1.54) is 0 Å². The standard InChI is InChI=1S/C26H22N2O4/c29-25(28-12-14-31-15-13-28)17-32-26(30)22-16-24(27-23-11-4-3-9-21(22)23)20-10-5-7-18-6-1-2-8-19(18)20/h1-11,16H,12-15,17H2. The highest BCUT2D eigenvalue weighted by atomic mass is 16.5. The smallest absolute Gasteiger partial charge is 0.339 e. The van der Waals surface area contributed by atoms with Gasteiger partial charge in [-0.1, -0.05) is 60.7 Å². The van der Waals surface area contributed by atoms with E-state index >= 15 is 0 Å². The molecule has 0 aliphatic carbocycles. The molecule has 1 aliphatic rings.